The highest BCUT2D eigenvalue weighted by atomic mass is 16.5. The fourth-order valence-electron chi connectivity index (χ4n) is 4.79. The van der Waals surface area contributed by atoms with Gasteiger partial charge >= 0.3 is 5.97 Å². The Bertz CT molecular complexity index is 1190. The Labute approximate surface area is 193 Å². The zero-order valence-corrected chi connectivity index (χ0v) is 18.8. The van der Waals surface area contributed by atoms with Gasteiger partial charge in [0.2, 0.25) is 0 Å². The second-order valence-corrected chi connectivity index (χ2v) is 9.76. The predicted octanol–water partition coefficient (Wildman–Crippen LogP) is 3.75. The number of carbonyl (C=O) groups is 1. The van der Waals surface area contributed by atoms with Gasteiger partial charge < -0.3 is 25.0 Å². The number of hydrogen-bond acceptors (Lipinski definition) is 5. The molecule has 172 valence electrons. The Morgan fingerprint density at radius 2 is 1.91 bits per heavy atom. The minimum Gasteiger partial charge on any atom is -0.491 e. The van der Waals surface area contributed by atoms with Gasteiger partial charge in [0.1, 0.15) is 36.2 Å². The molecule has 0 saturated heterocycles. The molecule has 1 aliphatic heterocycles. The predicted molar refractivity (Wildman–Crippen MR) is 126 cm³/mol. The minimum atomic E-state index is -0.824. The lowest BCUT2D eigenvalue weighted by Crippen LogP contribution is -2.46. The van der Waals surface area contributed by atoms with E-state index in [1.165, 1.54) is 16.3 Å². The molecular weight excluding hydrogens is 418 g/mol. The van der Waals surface area contributed by atoms with Gasteiger partial charge in [-0.1, -0.05) is 42.5 Å². The van der Waals surface area contributed by atoms with Gasteiger partial charge in [0.15, 0.2) is 0 Å². The number of carboxylic acid groups (broad SMARTS) is 1. The molecule has 0 spiro atoms. The summed E-state index contributed by atoms with van der Waals surface area (Å²) in [6, 6.07) is 20.3. The van der Waals surface area contributed by atoms with Crippen molar-refractivity contribution in [1.82, 2.24) is 5.32 Å². The third kappa shape index (κ3) is 4.54. The van der Waals surface area contributed by atoms with Crippen molar-refractivity contribution in [3.05, 3.63) is 71.8 Å². The van der Waals surface area contributed by atoms with E-state index in [1.54, 1.807) is 6.07 Å². The van der Waals surface area contributed by atoms with Crippen molar-refractivity contribution in [3.63, 3.8) is 0 Å². The van der Waals surface area contributed by atoms with E-state index < -0.39 is 18.0 Å². The Morgan fingerprint density at radius 3 is 2.70 bits per heavy atom. The second kappa shape index (κ2) is 8.36. The summed E-state index contributed by atoms with van der Waals surface area (Å²) in [7, 11) is 0. The van der Waals surface area contributed by atoms with Crippen LogP contribution in [0.25, 0.3) is 10.8 Å². The molecule has 5 rings (SSSR count). The van der Waals surface area contributed by atoms with Gasteiger partial charge in [-0.2, -0.15) is 0 Å². The van der Waals surface area contributed by atoms with E-state index in [-0.39, 0.29) is 24.2 Å². The highest BCUT2D eigenvalue weighted by molar-refractivity contribution is 5.83. The molecule has 1 saturated carbocycles. The summed E-state index contributed by atoms with van der Waals surface area (Å²) in [4.78, 5) is 11.3. The Hall–Kier alpha value is -3.09. The van der Waals surface area contributed by atoms with Crippen LogP contribution in [-0.2, 0) is 11.2 Å². The van der Waals surface area contributed by atoms with E-state index in [9.17, 15) is 15.0 Å². The fourth-order valence-corrected chi connectivity index (χ4v) is 4.79. The Morgan fingerprint density at radius 1 is 1.12 bits per heavy atom. The second-order valence-electron chi connectivity index (χ2n) is 9.76. The number of carboxylic acids is 1. The summed E-state index contributed by atoms with van der Waals surface area (Å²) in [5, 5.41) is 25.6. The van der Waals surface area contributed by atoms with Gasteiger partial charge in [-0.05, 0) is 54.8 Å². The summed E-state index contributed by atoms with van der Waals surface area (Å²) < 4.78 is 11.5. The number of benzene rings is 3. The zero-order chi connectivity index (χ0) is 23.2. The average Bonchev–Trinajstić information content (AvgIpc) is 3.39. The van der Waals surface area contributed by atoms with Gasteiger partial charge in [0.25, 0.3) is 0 Å². The molecule has 0 radical (unpaired) electrons. The largest absolute Gasteiger partial charge is 0.491 e. The van der Waals surface area contributed by atoms with Gasteiger partial charge in [0.05, 0.1) is 0 Å². The van der Waals surface area contributed by atoms with Crippen molar-refractivity contribution < 1.29 is 24.5 Å². The molecule has 1 heterocycles. The van der Waals surface area contributed by atoms with E-state index in [1.807, 2.05) is 24.3 Å². The lowest BCUT2D eigenvalue weighted by atomic mass is 9.93. The van der Waals surface area contributed by atoms with Crippen LogP contribution < -0.4 is 14.8 Å². The molecule has 3 aromatic rings. The number of nitrogens with one attached hydrogen (secondary N) is 1. The highest BCUT2D eigenvalue weighted by Crippen LogP contribution is 2.58. The number of fused-ring (bicyclic) bond motifs is 4. The van der Waals surface area contributed by atoms with Crippen LogP contribution in [0.5, 0.6) is 11.5 Å². The van der Waals surface area contributed by atoms with Crippen LogP contribution in [-0.4, -0.2) is 47.1 Å². The van der Waals surface area contributed by atoms with Crippen LogP contribution in [0.15, 0.2) is 60.7 Å². The molecule has 4 unspecified atom stereocenters. The maximum Gasteiger partial charge on any atom is 0.311 e. The molecule has 33 heavy (non-hydrogen) atoms. The normalized spacial score (nSPS) is 21.7. The van der Waals surface area contributed by atoms with E-state index in [0.29, 0.717) is 12.3 Å². The van der Waals surface area contributed by atoms with Gasteiger partial charge in [-0.15, -0.1) is 0 Å². The monoisotopic (exact) mass is 447 g/mol. The van der Waals surface area contributed by atoms with Crippen LogP contribution in [0.4, 0.5) is 0 Å². The van der Waals surface area contributed by atoms with E-state index >= 15 is 0 Å². The highest BCUT2D eigenvalue weighted by Gasteiger charge is 2.63. The summed E-state index contributed by atoms with van der Waals surface area (Å²) >= 11 is 0. The standard InChI is InChI=1S/C27H29NO5/c1-27(2,13-16-7-8-17-5-3-4-6-18(17)11-16)28-14-19(29)15-32-20-9-10-22-21(12-20)23-24(26(30)31)25(23)33-22/h3-12,19,23-25,28-29H,13-15H2,1-2H3,(H,30,31). The van der Waals surface area contributed by atoms with Crippen molar-refractivity contribution in [2.75, 3.05) is 13.2 Å². The summed E-state index contributed by atoms with van der Waals surface area (Å²) in [5.74, 6) is -0.0401. The molecular formula is C27H29NO5. The number of aliphatic hydroxyl groups excluding tert-OH is 1. The quantitative estimate of drug-likeness (QED) is 0.463. The van der Waals surface area contributed by atoms with Crippen LogP contribution in [0.1, 0.15) is 30.9 Å². The first-order valence-corrected chi connectivity index (χ1v) is 11.4. The maximum absolute atomic E-state index is 11.3. The van der Waals surface area contributed by atoms with Gasteiger partial charge in [-0.25, -0.2) is 0 Å². The molecule has 3 aromatic carbocycles. The Balaban J connectivity index is 1.12. The van der Waals surface area contributed by atoms with Crippen LogP contribution in [0.3, 0.4) is 0 Å². The summed E-state index contributed by atoms with van der Waals surface area (Å²) in [6.07, 6.45) is -0.0954. The van der Waals surface area contributed by atoms with Crippen molar-refractivity contribution in [1.29, 1.82) is 0 Å². The van der Waals surface area contributed by atoms with Gasteiger partial charge in [0, 0.05) is 23.6 Å². The molecule has 6 heteroatoms. The molecule has 2 aliphatic rings. The lowest BCUT2D eigenvalue weighted by Gasteiger charge is -2.28. The van der Waals surface area contributed by atoms with E-state index in [2.05, 4.69) is 49.5 Å². The van der Waals surface area contributed by atoms with E-state index in [0.717, 1.165) is 17.7 Å². The number of ether oxygens (including phenoxy) is 2. The lowest BCUT2D eigenvalue weighted by molar-refractivity contribution is -0.139. The number of rotatable bonds is 9. The zero-order valence-electron chi connectivity index (χ0n) is 18.8. The number of β-amino-alcohol motifs (C(OH)–C–C–N with tert-alkyl or cyclic N) is 1. The number of aliphatic carboxylic acids is 1. The number of hydrogen-bond donors (Lipinski definition) is 3. The first kappa shape index (κ1) is 21.7. The molecule has 4 atom stereocenters. The summed E-state index contributed by atoms with van der Waals surface area (Å²) in [6.45, 7) is 4.80. The average molecular weight is 448 g/mol. The molecule has 3 N–H and O–H groups in total. The van der Waals surface area contributed by atoms with Crippen LogP contribution in [0.2, 0.25) is 0 Å². The summed E-state index contributed by atoms with van der Waals surface area (Å²) in [5.41, 5.74) is 1.94. The van der Waals surface area contributed by atoms with Crippen molar-refractivity contribution >= 4 is 16.7 Å². The molecule has 0 bridgehead atoms. The van der Waals surface area contributed by atoms with E-state index in [4.69, 9.17) is 9.47 Å². The third-order valence-electron chi connectivity index (χ3n) is 6.56. The topological polar surface area (TPSA) is 88.0 Å². The van der Waals surface area contributed by atoms with Gasteiger partial charge in [-0.3, -0.25) is 4.79 Å². The molecule has 0 aromatic heterocycles. The van der Waals surface area contributed by atoms with Crippen LogP contribution in [0, 0.1) is 5.92 Å². The number of aliphatic hydroxyl groups is 1. The van der Waals surface area contributed by atoms with Crippen molar-refractivity contribution in [2.45, 2.75) is 43.9 Å². The molecule has 1 aliphatic carbocycles. The molecule has 0 amide bonds. The maximum atomic E-state index is 11.3. The third-order valence-corrected chi connectivity index (χ3v) is 6.56. The SMILES string of the molecule is CC(C)(Cc1ccc2ccccc2c1)NCC(O)COc1ccc2c(c1)C1C(O2)C1C(=O)O. The van der Waals surface area contributed by atoms with Crippen LogP contribution >= 0.6 is 0 Å². The smallest absolute Gasteiger partial charge is 0.311 e. The Kier molecular flexibility index (Phi) is 5.51. The first-order chi connectivity index (χ1) is 15.8. The first-order valence-electron chi connectivity index (χ1n) is 11.4. The van der Waals surface area contributed by atoms with Crippen molar-refractivity contribution in [3.8, 4) is 11.5 Å². The fraction of sp³-hybridized carbons (Fsp3) is 0.370. The molecule has 1 fully saturated rings. The minimum absolute atomic E-state index is 0.0939. The molecule has 6 nitrogen and oxygen atoms in total. The van der Waals surface area contributed by atoms with Crippen molar-refractivity contribution in [2.24, 2.45) is 5.92 Å².